The average Bonchev–Trinajstić information content (AvgIpc) is 2.98. The van der Waals surface area contributed by atoms with Crippen molar-refractivity contribution >= 4 is 45.3 Å². The molecule has 2 N–H and O–H groups in total. The molecule has 0 radical (unpaired) electrons. The molecule has 1 aromatic heterocycles. The Bertz CT molecular complexity index is 802. The van der Waals surface area contributed by atoms with E-state index in [1.807, 2.05) is 24.3 Å². The Morgan fingerprint density at radius 1 is 1.20 bits per heavy atom. The molecule has 0 atom stereocenters. The lowest BCUT2D eigenvalue weighted by molar-refractivity contribution is 0.0601. The predicted octanol–water partition coefficient (Wildman–Crippen LogP) is 4.23. The molecular weight excluding hydrogens is 356 g/mol. The maximum atomic E-state index is 12.3. The van der Waals surface area contributed by atoms with Crippen LogP contribution in [0, 0.1) is 0 Å². The van der Waals surface area contributed by atoms with Crippen molar-refractivity contribution < 1.29 is 14.3 Å². The first kappa shape index (κ1) is 17.7. The van der Waals surface area contributed by atoms with Gasteiger partial charge < -0.3 is 20.1 Å². The maximum absolute atomic E-state index is 12.3. The van der Waals surface area contributed by atoms with Crippen molar-refractivity contribution in [2.75, 3.05) is 24.9 Å². The Labute approximate surface area is 156 Å². The van der Waals surface area contributed by atoms with Gasteiger partial charge in [0, 0.05) is 16.6 Å². The summed E-state index contributed by atoms with van der Waals surface area (Å²) in [6.07, 6.45) is 4.16. The van der Waals surface area contributed by atoms with Crippen LogP contribution in [-0.2, 0) is 17.6 Å². The molecule has 0 unspecified atom stereocenters. The lowest BCUT2D eigenvalue weighted by Gasteiger charge is -2.13. The minimum atomic E-state index is -0.314. The molecule has 7 heteroatoms. The summed E-state index contributed by atoms with van der Waals surface area (Å²) in [5, 5.41) is 7.47. The third kappa shape index (κ3) is 3.93. The van der Waals surface area contributed by atoms with Gasteiger partial charge in [0.25, 0.3) is 0 Å². The van der Waals surface area contributed by atoms with Crippen molar-refractivity contribution in [3.05, 3.63) is 40.3 Å². The molecule has 5 nitrogen and oxygen atoms in total. The van der Waals surface area contributed by atoms with E-state index in [4.69, 9.17) is 21.7 Å². The monoisotopic (exact) mass is 376 g/mol. The van der Waals surface area contributed by atoms with E-state index in [-0.39, 0.29) is 5.97 Å². The smallest absolute Gasteiger partial charge is 0.341 e. The zero-order valence-electron chi connectivity index (χ0n) is 14.2. The van der Waals surface area contributed by atoms with Crippen LogP contribution < -0.4 is 15.4 Å². The van der Waals surface area contributed by atoms with E-state index in [2.05, 4.69) is 10.6 Å². The first-order valence-electron chi connectivity index (χ1n) is 8.07. The van der Waals surface area contributed by atoms with Gasteiger partial charge in [-0.2, -0.15) is 0 Å². The summed E-state index contributed by atoms with van der Waals surface area (Å²) in [6, 6.07) is 7.50. The Hall–Kier alpha value is -2.12. The molecule has 1 aromatic carbocycles. The van der Waals surface area contributed by atoms with Gasteiger partial charge in [-0.15, -0.1) is 11.3 Å². The second-order valence-electron chi connectivity index (χ2n) is 5.72. The summed E-state index contributed by atoms with van der Waals surface area (Å²) >= 11 is 7.00. The second kappa shape index (κ2) is 7.84. The molecule has 0 bridgehead atoms. The molecule has 1 aliphatic rings. The topological polar surface area (TPSA) is 59.6 Å². The van der Waals surface area contributed by atoms with Gasteiger partial charge in [-0.05, 0) is 55.6 Å². The Balaban J connectivity index is 1.80. The minimum Gasteiger partial charge on any atom is -0.497 e. The molecule has 0 amide bonds. The first-order valence-corrected chi connectivity index (χ1v) is 9.29. The number of ether oxygens (including phenoxy) is 2. The van der Waals surface area contributed by atoms with Crippen LogP contribution in [-0.4, -0.2) is 25.3 Å². The number of hydrogen-bond donors (Lipinski definition) is 2. The van der Waals surface area contributed by atoms with Gasteiger partial charge in [-0.3, -0.25) is 0 Å². The summed E-state index contributed by atoms with van der Waals surface area (Å²) in [5.41, 5.74) is 2.55. The zero-order chi connectivity index (χ0) is 17.8. The molecule has 1 aliphatic carbocycles. The number of carbonyl (C=O) groups excluding carboxylic acids is 1. The van der Waals surface area contributed by atoms with Gasteiger partial charge in [-0.1, -0.05) is 6.07 Å². The van der Waals surface area contributed by atoms with E-state index in [0.29, 0.717) is 10.7 Å². The highest BCUT2D eigenvalue weighted by molar-refractivity contribution is 7.80. The molecule has 0 fully saturated rings. The normalized spacial score (nSPS) is 12.9. The quantitative estimate of drug-likeness (QED) is 0.615. The van der Waals surface area contributed by atoms with E-state index in [0.717, 1.165) is 47.7 Å². The Morgan fingerprint density at radius 2 is 2.00 bits per heavy atom. The number of methoxy groups -OCH3 is 2. The summed E-state index contributed by atoms with van der Waals surface area (Å²) in [4.78, 5) is 13.5. The van der Waals surface area contributed by atoms with Gasteiger partial charge in [-0.25, -0.2) is 4.79 Å². The number of anilines is 2. The Kier molecular flexibility index (Phi) is 5.55. The summed E-state index contributed by atoms with van der Waals surface area (Å²) < 4.78 is 10.2. The maximum Gasteiger partial charge on any atom is 0.341 e. The van der Waals surface area contributed by atoms with E-state index < -0.39 is 0 Å². The first-order chi connectivity index (χ1) is 12.1. The molecule has 3 rings (SSSR count). The van der Waals surface area contributed by atoms with Crippen molar-refractivity contribution in [3.63, 3.8) is 0 Å². The minimum absolute atomic E-state index is 0.314. The number of nitrogens with one attached hydrogen (secondary N) is 2. The third-order valence-corrected chi connectivity index (χ3v) is 5.53. The predicted molar refractivity (Wildman–Crippen MR) is 105 cm³/mol. The molecular formula is C18H20N2O3S2. The van der Waals surface area contributed by atoms with Crippen molar-refractivity contribution in [2.24, 2.45) is 0 Å². The summed E-state index contributed by atoms with van der Waals surface area (Å²) in [5.74, 6) is 0.431. The van der Waals surface area contributed by atoms with E-state index in [1.54, 1.807) is 18.4 Å². The van der Waals surface area contributed by atoms with Crippen molar-refractivity contribution in [1.82, 2.24) is 0 Å². The molecule has 132 valence electrons. The highest BCUT2D eigenvalue weighted by Gasteiger charge is 2.26. The molecule has 2 aromatic rings. The molecule has 25 heavy (non-hydrogen) atoms. The summed E-state index contributed by atoms with van der Waals surface area (Å²) in [6.45, 7) is 0. The van der Waals surface area contributed by atoms with Gasteiger partial charge in [0.1, 0.15) is 10.8 Å². The highest BCUT2D eigenvalue weighted by atomic mass is 32.1. The number of rotatable bonds is 4. The summed E-state index contributed by atoms with van der Waals surface area (Å²) in [7, 11) is 3.03. The molecule has 0 aliphatic heterocycles. The fraction of sp³-hybridized carbons (Fsp3) is 0.333. The lowest BCUT2D eigenvalue weighted by Crippen LogP contribution is -2.20. The van der Waals surface area contributed by atoms with Gasteiger partial charge >= 0.3 is 5.97 Å². The van der Waals surface area contributed by atoms with Crippen LogP contribution in [0.4, 0.5) is 10.7 Å². The largest absolute Gasteiger partial charge is 0.497 e. The molecule has 0 saturated carbocycles. The number of aryl methyl sites for hydroxylation is 1. The lowest BCUT2D eigenvalue weighted by atomic mass is 9.95. The number of carbonyl (C=O) groups is 1. The van der Waals surface area contributed by atoms with Crippen LogP contribution in [0.1, 0.15) is 33.6 Å². The fourth-order valence-electron chi connectivity index (χ4n) is 2.94. The van der Waals surface area contributed by atoms with E-state index in [1.165, 1.54) is 12.0 Å². The SMILES string of the molecule is COC(=O)c1c(NC(=S)Nc2cccc(OC)c2)sc2c1CCCC2. The number of fused-ring (bicyclic) bond motifs is 1. The van der Waals surface area contributed by atoms with Crippen LogP contribution in [0.15, 0.2) is 24.3 Å². The van der Waals surface area contributed by atoms with Gasteiger partial charge in [0.15, 0.2) is 5.11 Å². The number of benzene rings is 1. The average molecular weight is 377 g/mol. The van der Waals surface area contributed by atoms with Crippen molar-refractivity contribution in [2.45, 2.75) is 25.7 Å². The van der Waals surface area contributed by atoms with Crippen LogP contribution in [0.25, 0.3) is 0 Å². The van der Waals surface area contributed by atoms with Gasteiger partial charge in [0.05, 0.1) is 19.8 Å². The fourth-order valence-corrected chi connectivity index (χ4v) is 4.50. The highest BCUT2D eigenvalue weighted by Crippen LogP contribution is 2.38. The van der Waals surface area contributed by atoms with E-state index in [9.17, 15) is 4.79 Å². The zero-order valence-corrected chi connectivity index (χ0v) is 15.8. The standard InChI is InChI=1S/C18H20N2O3S2/c1-22-12-7-5-6-11(10-12)19-18(24)20-16-15(17(21)23-2)13-8-3-4-9-14(13)25-16/h5-7,10H,3-4,8-9H2,1-2H3,(H2,19,20,24). The third-order valence-electron chi connectivity index (χ3n) is 4.12. The number of thiophene rings is 1. The van der Waals surface area contributed by atoms with E-state index >= 15 is 0 Å². The van der Waals surface area contributed by atoms with Crippen molar-refractivity contribution in [3.8, 4) is 5.75 Å². The van der Waals surface area contributed by atoms with Crippen molar-refractivity contribution in [1.29, 1.82) is 0 Å². The van der Waals surface area contributed by atoms with Crippen LogP contribution in [0.3, 0.4) is 0 Å². The van der Waals surface area contributed by atoms with Crippen LogP contribution in [0.2, 0.25) is 0 Å². The molecule has 0 saturated heterocycles. The molecule has 1 heterocycles. The number of esters is 1. The van der Waals surface area contributed by atoms with Gasteiger partial charge in [0.2, 0.25) is 0 Å². The number of hydrogen-bond acceptors (Lipinski definition) is 5. The Morgan fingerprint density at radius 3 is 2.76 bits per heavy atom. The van der Waals surface area contributed by atoms with Crippen LogP contribution >= 0.6 is 23.6 Å². The second-order valence-corrected chi connectivity index (χ2v) is 7.23. The molecule has 0 spiro atoms. The number of thiocarbonyl (C=S) groups is 1. The van der Waals surface area contributed by atoms with Crippen LogP contribution in [0.5, 0.6) is 5.75 Å².